The second kappa shape index (κ2) is 13.7. The van der Waals surface area contributed by atoms with Gasteiger partial charge < -0.3 is 19.5 Å². The smallest absolute Gasteiger partial charge is 0.333 e. The van der Waals surface area contributed by atoms with Gasteiger partial charge in [-0.3, -0.25) is 4.79 Å². The summed E-state index contributed by atoms with van der Waals surface area (Å²) < 4.78 is 11.0. The first-order valence-corrected chi connectivity index (χ1v) is 12.4. The van der Waals surface area contributed by atoms with Gasteiger partial charge in [0.15, 0.2) is 12.7 Å². The summed E-state index contributed by atoms with van der Waals surface area (Å²) in [6.07, 6.45) is 0.327. The number of ether oxygens (including phenoxy) is 2. The molecule has 0 radical (unpaired) electrons. The van der Waals surface area contributed by atoms with Crippen molar-refractivity contribution >= 4 is 23.5 Å². The van der Waals surface area contributed by atoms with Crippen LogP contribution in [0, 0.1) is 0 Å². The van der Waals surface area contributed by atoms with Crippen LogP contribution in [0.15, 0.2) is 72.8 Å². The van der Waals surface area contributed by atoms with E-state index in [0.717, 1.165) is 23.1 Å². The van der Waals surface area contributed by atoms with Crippen molar-refractivity contribution < 1.29 is 24.2 Å². The van der Waals surface area contributed by atoms with E-state index in [1.807, 2.05) is 36.4 Å². The molecule has 1 N–H and O–H groups in total. The Kier molecular flexibility index (Phi) is 10.3. The summed E-state index contributed by atoms with van der Waals surface area (Å²) >= 11 is 6.02. The molecule has 0 saturated carbocycles. The van der Waals surface area contributed by atoms with Crippen LogP contribution in [0.3, 0.4) is 0 Å². The molecule has 0 heterocycles. The molecule has 190 valence electrons. The van der Waals surface area contributed by atoms with Gasteiger partial charge in [0.1, 0.15) is 5.75 Å². The fraction of sp³-hybridized carbons (Fsp3) is 0.310. The SMILES string of the molecule is CCO[C@@H](Cc1ccc(OCC(=O)N(Cc2ccc(Cl)cc2)Cc2ccc(CC)cc2)cc1)C(=O)O. The third-order valence-electron chi connectivity index (χ3n) is 5.79. The van der Waals surface area contributed by atoms with Gasteiger partial charge in [0.25, 0.3) is 5.91 Å². The van der Waals surface area contributed by atoms with Crippen LogP contribution in [0.4, 0.5) is 0 Å². The van der Waals surface area contributed by atoms with Gasteiger partial charge in [0.2, 0.25) is 0 Å². The molecule has 7 heteroatoms. The molecule has 0 saturated heterocycles. The molecule has 0 bridgehead atoms. The summed E-state index contributed by atoms with van der Waals surface area (Å²) in [4.78, 5) is 26.2. The van der Waals surface area contributed by atoms with Crippen molar-refractivity contribution in [1.82, 2.24) is 4.90 Å². The minimum absolute atomic E-state index is 0.114. The number of carboxylic acids is 1. The molecular formula is C29H32ClNO5. The summed E-state index contributed by atoms with van der Waals surface area (Å²) in [5, 5.41) is 9.92. The lowest BCUT2D eigenvalue weighted by Crippen LogP contribution is -2.34. The number of aliphatic carboxylic acids is 1. The van der Waals surface area contributed by atoms with Crippen molar-refractivity contribution in [2.75, 3.05) is 13.2 Å². The Bertz CT molecular complexity index is 1110. The summed E-state index contributed by atoms with van der Waals surface area (Å²) in [5.74, 6) is -0.599. The van der Waals surface area contributed by atoms with Gasteiger partial charge in [-0.15, -0.1) is 0 Å². The van der Waals surface area contributed by atoms with Crippen molar-refractivity contribution in [2.45, 2.75) is 45.9 Å². The molecule has 0 aromatic heterocycles. The Morgan fingerprint density at radius 2 is 1.36 bits per heavy atom. The number of rotatable bonds is 13. The Labute approximate surface area is 217 Å². The maximum absolute atomic E-state index is 13.2. The molecule has 1 amide bonds. The van der Waals surface area contributed by atoms with Crippen LogP contribution >= 0.6 is 11.6 Å². The van der Waals surface area contributed by atoms with Crippen molar-refractivity contribution in [2.24, 2.45) is 0 Å². The average Bonchev–Trinajstić information content (AvgIpc) is 2.89. The van der Waals surface area contributed by atoms with Gasteiger partial charge in [0, 0.05) is 31.1 Å². The zero-order valence-electron chi connectivity index (χ0n) is 20.7. The molecular weight excluding hydrogens is 478 g/mol. The second-order valence-electron chi connectivity index (χ2n) is 8.47. The molecule has 0 fully saturated rings. The van der Waals surface area contributed by atoms with E-state index in [1.165, 1.54) is 5.56 Å². The van der Waals surface area contributed by atoms with Crippen molar-refractivity contribution in [3.63, 3.8) is 0 Å². The molecule has 36 heavy (non-hydrogen) atoms. The largest absolute Gasteiger partial charge is 0.484 e. The predicted molar refractivity (Wildman–Crippen MR) is 140 cm³/mol. The fourth-order valence-electron chi connectivity index (χ4n) is 3.73. The lowest BCUT2D eigenvalue weighted by atomic mass is 10.1. The third-order valence-corrected chi connectivity index (χ3v) is 6.05. The first-order chi connectivity index (χ1) is 17.4. The number of aryl methyl sites for hydroxylation is 1. The first-order valence-electron chi connectivity index (χ1n) is 12.0. The van der Waals surface area contributed by atoms with E-state index in [2.05, 4.69) is 19.1 Å². The van der Waals surface area contributed by atoms with Crippen LogP contribution in [0.2, 0.25) is 5.02 Å². The van der Waals surface area contributed by atoms with Gasteiger partial charge in [-0.2, -0.15) is 0 Å². The lowest BCUT2D eigenvalue weighted by Gasteiger charge is -2.23. The normalized spacial score (nSPS) is 11.6. The zero-order valence-corrected chi connectivity index (χ0v) is 21.4. The number of carbonyl (C=O) groups is 2. The van der Waals surface area contributed by atoms with E-state index < -0.39 is 12.1 Å². The molecule has 6 nitrogen and oxygen atoms in total. The Balaban J connectivity index is 1.65. The Morgan fingerprint density at radius 1 is 0.833 bits per heavy atom. The molecule has 0 spiro atoms. The molecule has 3 aromatic carbocycles. The van der Waals surface area contributed by atoms with Crippen molar-refractivity contribution in [1.29, 1.82) is 0 Å². The van der Waals surface area contributed by atoms with Crippen molar-refractivity contribution in [3.8, 4) is 5.75 Å². The molecule has 1 atom stereocenters. The maximum atomic E-state index is 13.2. The van der Waals surface area contributed by atoms with Gasteiger partial charge in [-0.25, -0.2) is 4.79 Å². The molecule has 3 rings (SSSR count). The van der Waals surface area contributed by atoms with E-state index >= 15 is 0 Å². The lowest BCUT2D eigenvalue weighted by molar-refractivity contribution is -0.150. The van der Waals surface area contributed by atoms with Crippen LogP contribution in [0.5, 0.6) is 5.75 Å². The number of carbonyl (C=O) groups excluding carboxylic acids is 1. The third kappa shape index (κ3) is 8.40. The Morgan fingerprint density at radius 3 is 1.89 bits per heavy atom. The van der Waals surface area contributed by atoms with Crippen LogP contribution in [-0.2, 0) is 40.3 Å². The number of halogens is 1. The van der Waals surface area contributed by atoms with E-state index in [0.29, 0.717) is 30.5 Å². The Hall–Kier alpha value is -3.35. The predicted octanol–water partition coefficient (Wildman–Crippen LogP) is 5.54. The topological polar surface area (TPSA) is 76.1 Å². The summed E-state index contributed by atoms with van der Waals surface area (Å²) in [7, 11) is 0. The minimum Gasteiger partial charge on any atom is -0.484 e. The summed E-state index contributed by atoms with van der Waals surface area (Å²) in [5.41, 5.74) is 4.08. The van der Waals surface area contributed by atoms with Gasteiger partial charge in [-0.05, 0) is 59.9 Å². The molecule has 0 aliphatic carbocycles. The monoisotopic (exact) mass is 509 g/mol. The van der Waals surface area contributed by atoms with Crippen molar-refractivity contribution in [3.05, 3.63) is 100 Å². The van der Waals surface area contributed by atoms with E-state index in [4.69, 9.17) is 21.1 Å². The van der Waals surface area contributed by atoms with E-state index in [-0.39, 0.29) is 18.9 Å². The highest BCUT2D eigenvalue weighted by Gasteiger charge is 2.19. The molecule has 0 aliphatic rings. The fourth-order valence-corrected chi connectivity index (χ4v) is 3.86. The van der Waals surface area contributed by atoms with Crippen LogP contribution in [0.25, 0.3) is 0 Å². The van der Waals surface area contributed by atoms with E-state index in [1.54, 1.807) is 36.1 Å². The number of benzene rings is 3. The van der Waals surface area contributed by atoms with Crippen LogP contribution < -0.4 is 4.74 Å². The second-order valence-corrected chi connectivity index (χ2v) is 8.90. The first kappa shape index (κ1) is 27.2. The summed E-state index contributed by atoms with van der Waals surface area (Å²) in [6, 6.07) is 22.8. The summed E-state index contributed by atoms with van der Waals surface area (Å²) in [6.45, 7) is 4.98. The van der Waals surface area contributed by atoms with E-state index in [9.17, 15) is 14.7 Å². The minimum atomic E-state index is -0.993. The average molecular weight is 510 g/mol. The molecule has 0 unspecified atom stereocenters. The number of carboxylic acid groups (broad SMARTS) is 1. The van der Waals surface area contributed by atoms with Gasteiger partial charge in [0.05, 0.1) is 0 Å². The van der Waals surface area contributed by atoms with Crippen LogP contribution in [-0.4, -0.2) is 41.2 Å². The molecule has 3 aromatic rings. The number of hydrogen-bond acceptors (Lipinski definition) is 4. The number of nitrogens with zero attached hydrogens (tertiary/aromatic N) is 1. The standard InChI is InChI=1S/C29H32ClNO5/c1-3-21-5-7-23(8-6-21)18-31(19-24-9-13-25(30)14-10-24)28(32)20-36-26-15-11-22(12-16-26)17-27(29(33)34)35-4-2/h5-16,27H,3-4,17-20H2,1-2H3,(H,33,34)/t27-/m0/s1. The van der Waals surface area contributed by atoms with Crippen LogP contribution in [0.1, 0.15) is 36.1 Å². The van der Waals surface area contributed by atoms with Gasteiger partial charge in [-0.1, -0.05) is 67.1 Å². The van der Waals surface area contributed by atoms with Gasteiger partial charge >= 0.3 is 5.97 Å². The maximum Gasteiger partial charge on any atom is 0.333 e. The highest BCUT2D eigenvalue weighted by molar-refractivity contribution is 6.30. The molecule has 0 aliphatic heterocycles. The number of hydrogen-bond donors (Lipinski definition) is 1. The number of amides is 1. The quantitative estimate of drug-likeness (QED) is 0.327. The highest BCUT2D eigenvalue weighted by atomic mass is 35.5. The highest BCUT2D eigenvalue weighted by Crippen LogP contribution is 2.17. The zero-order chi connectivity index (χ0) is 25.9.